The van der Waals surface area contributed by atoms with Crippen molar-refractivity contribution in [3.63, 3.8) is 0 Å². The molecule has 0 saturated heterocycles. The van der Waals surface area contributed by atoms with Crippen LogP contribution in [-0.4, -0.2) is 36.6 Å². The lowest BCUT2D eigenvalue weighted by Gasteiger charge is -2.23. The molecule has 0 aromatic heterocycles. The van der Waals surface area contributed by atoms with Gasteiger partial charge >= 0.3 is 18.3 Å². The van der Waals surface area contributed by atoms with E-state index >= 15 is 0 Å². The molecule has 0 bridgehead atoms. The molecule has 1 rings (SSSR count). The molecule has 21 heavy (non-hydrogen) atoms. The molecule has 0 amide bonds. The number of carbonyl (C=O) groups is 1. The van der Waals surface area contributed by atoms with E-state index in [1.54, 1.807) is 0 Å². The lowest BCUT2D eigenvalue weighted by molar-refractivity contribution is -0.253. The molecular formula is C12H10F6O3. The van der Waals surface area contributed by atoms with Crippen LogP contribution < -0.4 is 0 Å². The van der Waals surface area contributed by atoms with Crippen molar-refractivity contribution in [1.29, 1.82) is 0 Å². The van der Waals surface area contributed by atoms with Crippen LogP contribution in [-0.2, 0) is 4.74 Å². The Morgan fingerprint density at radius 2 is 1.52 bits per heavy atom. The van der Waals surface area contributed by atoms with Crippen molar-refractivity contribution >= 4 is 5.97 Å². The first-order valence-corrected chi connectivity index (χ1v) is 5.58. The number of alkyl halides is 6. The van der Waals surface area contributed by atoms with Crippen LogP contribution in [0.25, 0.3) is 0 Å². The Morgan fingerprint density at radius 1 is 1.05 bits per heavy atom. The summed E-state index contributed by atoms with van der Waals surface area (Å²) in [6, 6.07) is 2.75. The van der Waals surface area contributed by atoms with E-state index in [0.717, 1.165) is 12.1 Å². The molecule has 3 nitrogen and oxygen atoms in total. The Balaban J connectivity index is 3.02. The van der Waals surface area contributed by atoms with E-state index in [2.05, 4.69) is 4.74 Å². The highest BCUT2D eigenvalue weighted by atomic mass is 19.4. The van der Waals surface area contributed by atoms with Gasteiger partial charge in [0.05, 0.1) is 12.2 Å². The van der Waals surface area contributed by atoms with Gasteiger partial charge in [0, 0.05) is 0 Å². The quantitative estimate of drug-likeness (QED) is 0.686. The van der Waals surface area contributed by atoms with Gasteiger partial charge in [-0.25, -0.2) is 4.79 Å². The van der Waals surface area contributed by atoms with Crippen molar-refractivity contribution < 1.29 is 41.0 Å². The highest BCUT2D eigenvalue weighted by molar-refractivity contribution is 5.89. The van der Waals surface area contributed by atoms with Crippen LogP contribution in [0.2, 0.25) is 0 Å². The molecule has 1 N–H and O–H groups in total. The third-order valence-electron chi connectivity index (χ3n) is 2.46. The molecule has 118 valence electrons. The highest BCUT2D eigenvalue weighted by Gasteiger charge is 2.57. The zero-order valence-corrected chi connectivity index (χ0v) is 10.3. The summed E-state index contributed by atoms with van der Waals surface area (Å²) in [6.45, 7) is -0.775. The number of ether oxygens (including phenoxy) is 1. The van der Waals surface area contributed by atoms with Crippen molar-refractivity contribution in [1.82, 2.24) is 0 Å². The first-order valence-electron chi connectivity index (χ1n) is 5.58. The third-order valence-corrected chi connectivity index (χ3v) is 2.46. The zero-order chi connectivity index (χ0) is 16.3. The Labute approximate surface area is 115 Å². The van der Waals surface area contributed by atoms with Crippen LogP contribution >= 0.6 is 0 Å². The maximum absolute atomic E-state index is 12.5. The molecule has 1 aromatic carbocycles. The normalized spacial score (nSPS) is 12.6. The molecule has 9 heteroatoms. The number of carbonyl (C=O) groups excluding carboxylic acids is 1. The van der Waals surface area contributed by atoms with E-state index in [1.165, 1.54) is 0 Å². The molecule has 0 spiro atoms. The fraction of sp³-hybridized carbons (Fsp3) is 0.417. The molecule has 0 atom stereocenters. The van der Waals surface area contributed by atoms with E-state index in [4.69, 9.17) is 5.11 Å². The van der Waals surface area contributed by atoms with Crippen molar-refractivity contribution in [3.8, 4) is 0 Å². The van der Waals surface area contributed by atoms with E-state index in [0.29, 0.717) is 12.1 Å². The summed E-state index contributed by atoms with van der Waals surface area (Å²) in [5, 5.41) is 8.43. The molecule has 0 heterocycles. The van der Waals surface area contributed by atoms with Gasteiger partial charge in [0.15, 0.2) is 5.92 Å². The van der Waals surface area contributed by atoms with E-state index < -0.39 is 36.4 Å². The van der Waals surface area contributed by atoms with Crippen LogP contribution in [0.5, 0.6) is 0 Å². The molecule has 0 saturated carbocycles. The number of aliphatic hydroxyl groups is 1. The monoisotopic (exact) mass is 316 g/mol. The van der Waals surface area contributed by atoms with Crippen molar-refractivity contribution in [2.45, 2.75) is 18.3 Å². The maximum atomic E-state index is 12.5. The van der Waals surface area contributed by atoms with Gasteiger partial charge < -0.3 is 9.84 Å². The van der Waals surface area contributed by atoms with Gasteiger partial charge in [0.1, 0.15) is 6.61 Å². The molecule has 0 aliphatic heterocycles. The average Bonchev–Trinajstić information content (AvgIpc) is 2.33. The van der Waals surface area contributed by atoms with Gasteiger partial charge in [0.25, 0.3) is 0 Å². The molecule has 0 aliphatic rings. The smallest absolute Gasteiger partial charge is 0.404 e. The largest absolute Gasteiger partial charge is 0.460 e. The van der Waals surface area contributed by atoms with Crippen LogP contribution in [0.1, 0.15) is 21.8 Å². The van der Waals surface area contributed by atoms with Crippen molar-refractivity contribution in [2.75, 3.05) is 13.2 Å². The first-order chi connectivity index (χ1) is 9.57. The topological polar surface area (TPSA) is 46.5 Å². The van der Waals surface area contributed by atoms with Crippen LogP contribution in [0, 0.1) is 0 Å². The summed E-state index contributed by atoms with van der Waals surface area (Å²) in [6.07, 6.45) is -11.0. The fourth-order valence-electron chi connectivity index (χ4n) is 1.60. The number of halogens is 6. The molecule has 0 radical (unpaired) electrons. The summed E-state index contributed by atoms with van der Waals surface area (Å²) in [7, 11) is 0. The van der Waals surface area contributed by atoms with Crippen LogP contribution in [0.3, 0.4) is 0 Å². The second-order valence-electron chi connectivity index (χ2n) is 4.00. The molecule has 0 fully saturated rings. The summed E-state index contributed by atoms with van der Waals surface area (Å²) >= 11 is 0. The predicted molar refractivity (Wildman–Crippen MR) is 58.7 cm³/mol. The molecular weight excluding hydrogens is 306 g/mol. The average molecular weight is 316 g/mol. The number of esters is 1. The highest BCUT2D eigenvalue weighted by Crippen LogP contribution is 2.46. The van der Waals surface area contributed by atoms with Crippen molar-refractivity contribution in [2.24, 2.45) is 0 Å². The van der Waals surface area contributed by atoms with E-state index in [1.807, 2.05) is 0 Å². The summed E-state index contributed by atoms with van der Waals surface area (Å²) < 4.78 is 79.4. The van der Waals surface area contributed by atoms with Gasteiger partial charge in [-0.1, -0.05) is 12.1 Å². The SMILES string of the molecule is O=C(OCCO)c1ccc(C(C(F)(F)F)C(F)(F)F)cc1. The van der Waals surface area contributed by atoms with Crippen LogP contribution in [0.15, 0.2) is 24.3 Å². The number of hydrogen-bond acceptors (Lipinski definition) is 3. The van der Waals surface area contributed by atoms with Crippen LogP contribution in [0.4, 0.5) is 26.3 Å². The van der Waals surface area contributed by atoms with Gasteiger partial charge in [-0.15, -0.1) is 0 Å². The van der Waals surface area contributed by atoms with Gasteiger partial charge in [0.2, 0.25) is 0 Å². The minimum absolute atomic E-state index is 0.213. The van der Waals surface area contributed by atoms with Gasteiger partial charge in [-0.2, -0.15) is 26.3 Å². The summed E-state index contributed by atoms with van der Waals surface area (Å²) in [5.41, 5.74) is -1.23. The fourth-order valence-corrected chi connectivity index (χ4v) is 1.60. The third kappa shape index (κ3) is 4.62. The number of rotatable bonds is 4. The lowest BCUT2D eigenvalue weighted by atomic mass is 9.97. The predicted octanol–water partition coefficient (Wildman–Crippen LogP) is 3.04. The Bertz CT molecular complexity index is 463. The number of benzene rings is 1. The number of hydrogen-bond donors (Lipinski definition) is 1. The Kier molecular flexibility index (Phi) is 5.21. The Morgan fingerprint density at radius 3 is 1.90 bits per heavy atom. The van der Waals surface area contributed by atoms with E-state index in [9.17, 15) is 31.1 Å². The van der Waals surface area contributed by atoms with Gasteiger partial charge in [-0.3, -0.25) is 0 Å². The second-order valence-corrected chi connectivity index (χ2v) is 4.00. The first kappa shape index (κ1) is 17.3. The molecule has 0 aliphatic carbocycles. The summed E-state index contributed by atoms with van der Waals surface area (Å²) in [5.74, 6) is -4.57. The second kappa shape index (κ2) is 6.33. The maximum Gasteiger partial charge on any atom is 0.404 e. The number of aliphatic hydroxyl groups excluding tert-OH is 1. The standard InChI is InChI=1S/C12H10F6O3/c13-11(14,15)9(12(16,17)18)7-1-3-8(4-2-7)10(20)21-6-5-19/h1-4,9,19H,5-6H2. The minimum Gasteiger partial charge on any atom is -0.460 e. The molecule has 0 unspecified atom stereocenters. The van der Waals surface area contributed by atoms with Crippen molar-refractivity contribution in [3.05, 3.63) is 35.4 Å². The van der Waals surface area contributed by atoms with E-state index in [-0.39, 0.29) is 12.2 Å². The lowest BCUT2D eigenvalue weighted by Crippen LogP contribution is -2.34. The van der Waals surface area contributed by atoms with Gasteiger partial charge in [-0.05, 0) is 17.7 Å². The molecule has 1 aromatic rings. The Hall–Kier alpha value is -1.77. The zero-order valence-electron chi connectivity index (χ0n) is 10.3. The summed E-state index contributed by atoms with van der Waals surface area (Å²) in [4.78, 5) is 11.3. The minimum atomic E-state index is -5.49.